The lowest BCUT2D eigenvalue weighted by molar-refractivity contribution is 0.0940. The number of fused-ring (bicyclic) bond motifs is 1. The Morgan fingerprint density at radius 1 is 1.20 bits per heavy atom. The summed E-state index contributed by atoms with van der Waals surface area (Å²) in [6.45, 7) is 4.02. The number of nitrogens with one attached hydrogen (secondary N) is 1. The molecule has 25 heavy (non-hydrogen) atoms. The molecule has 1 aliphatic heterocycles. The molecule has 0 aliphatic carbocycles. The van der Waals surface area contributed by atoms with E-state index in [0.717, 1.165) is 11.1 Å². The Bertz CT molecular complexity index is 879. The molecule has 0 bridgehead atoms. The number of rotatable bonds is 5. The van der Waals surface area contributed by atoms with Crippen LogP contribution in [0.25, 0.3) is 0 Å². The first-order valence-corrected chi connectivity index (χ1v) is 10.0. The fourth-order valence-corrected chi connectivity index (χ4v) is 4.22. The van der Waals surface area contributed by atoms with Gasteiger partial charge in [0.05, 0.1) is 17.5 Å². The number of sulfonamides is 1. The average molecular weight is 358 g/mol. The van der Waals surface area contributed by atoms with E-state index in [4.69, 9.17) is 0 Å². The molecule has 0 aromatic heterocycles. The van der Waals surface area contributed by atoms with Crippen molar-refractivity contribution in [1.82, 2.24) is 5.32 Å². The van der Waals surface area contributed by atoms with Crippen LogP contribution in [0, 0.1) is 0 Å². The number of carbonyl (C=O) groups is 1. The van der Waals surface area contributed by atoms with Gasteiger partial charge in [-0.3, -0.25) is 9.10 Å². The van der Waals surface area contributed by atoms with Gasteiger partial charge in [0.1, 0.15) is 0 Å². The maximum Gasteiger partial charge on any atom is 0.251 e. The Morgan fingerprint density at radius 2 is 1.92 bits per heavy atom. The second-order valence-electron chi connectivity index (χ2n) is 6.17. The van der Waals surface area contributed by atoms with Gasteiger partial charge in [-0.15, -0.1) is 0 Å². The molecular formula is C19H22N2O3S. The van der Waals surface area contributed by atoms with Crippen molar-refractivity contribution in [2.75, 3.05) is 16.6 Å². The summed E-state index contributed by atoms with van der Waals surface area (Å²) in [5.74, 6) is -0.0838. The lowest BCUT2D eigenvalue weighted by Crippen LogP contribution is -2.30. The first-order chi connectivity index (χ1) is 11.9. The molecule has 0 saturated heterocycles. The lowest BCUT2D eigenvalue weighted by atomic mass is 10.1. The average Bonchev–Trinajstić information content (AvgIpc) is 3.06. The summed E-state index contributed by atoms with van der Waals surface area (Å²) in [6.07, 6.45) is 0.629. The van der Waals surface area contributed by atoms with E-state index in [1.807, 2.05) is 37.3 Å². The molecule has 1 N–H and O–H groups in total. The van der Waals surface area contributed by atoms with E-state index < -0.39 is 10.0 Å². The zero-order valence-corrected chi connectivity index (χ0v) is 15.2. The fraction of sp³-hybridized carbons (Fsp3) is 0.316. The van der Waals surface area contributed by atoms with Crippen LogP contribution in [0.2, 0.25) is 0 Å². The monoisotopic (exact) mass is 358 g/mol. The van der Waals surface area contributed by atoms with Gasteiger partial charge in [-0.2, -0.15) is 0 Å². The third kappa shape index (κ3) is 3.54. The van der Waals surface area contributed by atoms with E-state index in [9.17, 15) is 13.2 Å². The summed E-state index contributed by atoms with van der Waals surface area (Å²) in [5, 5.41) is 2.99. The first kappa shape index (κ1) is 17.5. The Balaban J connectivity index is 1.78. The maximum absolute atomic E-state index is 12.5. The van der Waals surface area contributed by atoms with Gasteiger partial charge in [0.25, 0.3) is 5.91 Å². The third-order valence-corrected chi connectivity index (χ3v) is 6.32. The number of anilines is 1. The molecule has 6 heteroatoms. The predicted molar refractivity (Wildman–Crippen MR) is 99.3 cm³/mol. The summed E-state index contributed by atoms with van der Waals surface area (Å²) < 4.78 is 25.7. The second kappa shape index (κ2) is 6.88. The Hall–Kier alpha value is -2.34. The Morgan fingerprint density at radius 3 is 2.60 bits per heavy atom. The van der Waals surface area contributed by atoms with Crippen LogP contribution < -0.4 is 9.62 Å². The van der Waals surface area contributed by atoms with Gasteiger partial charge in [0.15, 0.2) is 0 Å². The molecule has 1 atom stereocenters. The highest BCUT2D eigenvalue weighted by atomic mass is 32.2. The van der Waals surface area contributed by atoms with Crippen LogP contribution in [0.1, 0.15) is 41.4 Å². The van der Waals surface area contributed by atoms with Crippen LogP contribution >= 0.6 is 0 Å². The molecule has 0 fully saturated rings. The van der Waals surface area contributed by atoms with E-state index >= 15 is 0 Å². The van der Waals surface area contributed by atoms with Crippen molar-refractivity contribution in [3.63, 3.8) is 0 Å². The van der Waals surface area contributed by atoms with Crippen molar-refractivity contribution >= 4 is 21.6 Å². The van der Waals surface area contributed by atoms with Crippen LogP contribution in [-0.4, -0.2) is 26.6 Å². The van der Waals surface area contributed by atoms with Crippen LogP contribution in [-0.2, 0) is 16.4 Å². The number of nitrogens with zero attached hydrogens (tertiary/aromatic N) is 1. The van der Waals surface area contributed by atoms with Crippen molar-refractivity contribution in [1.29, 1.82) is 0 Å². The number of amides is 1. The van der Waals surface area contributed by atoms with Crippen molar-refractivity contribution in [2.45, 2.75) is 26.3 Å². The van der Waals surface area contributed by atoms with Gasteiger partial charge in [0.2, 0.25) is 10.0 Å². The number of hydrogen-bond donors (Lipinski definition) is 1. The van der Waals surface area contributed by atoms with Crippen molar-refractivity contribution in [2.24, 2.45) is 0 Å². The van der Waals surface area contributed by atoms with Gasteiger partial charge in [-0.25, -0.2) is 8.42 Å². The molecule has 2 aromatic carbocycles. The van der Waals surface area contributed by atoms with Crippen molar-refractivity contribution in [3.8, 4) is 0 Å². The van der Waals surface area contributed by atoms with Crippen LogP contribution in [0.15, 0.2) is 48.5 Å². The minimum Gasteiger partial charge on any atom is -0.346 e. The van der Waals surface area contributed by atoms with E-state index in [1.54, 1.807) is 25.1 Å². The van der Waals surface area contributed by atoms with E-state index in [2.05, 4.69) is 5.32 Å². The number of benzene rings is 2. The number of hydrogen-bond acceptors (Lipinski definition) is 3. The predicted octanol–water partition coefficient (Wildman–Crippen LogP) is 2.89. The Kier molecular flexibility index (Phi) is 4.81. The molecule has 0 unspecified atom stereocenters. The highest BCUT2D eigenvalue weighted by Gasteiger charge is 2.28. The third-order valence-electron chi connectivity index (χ3n) is 4.54. The molecule has 0 radical (unpaired) electrons. The minimum absolute atomic E-state index is 0.0727. The molecule has 2 aromatic rings. The summed E-state index contributed by atoms with van der Waals surface area (Å²) >= 11 is 0. The zero-order valence-electron chi connectivity index (χ0n) is 14.4. The fourth-order valence-electron chi connectivity index (χ4n) is 3.06. The highest BCUT2D eigenvalue weighted by Crippen LogP contribution is 2.31. The standard InChI is InChI=1S/C19H22N2O3S/c1-3-25(23,24)21-12-11-16-13-17(9-10-18(16)21)19(22)20-14(2)15-7-5-4-6-8-15/h4-10,13-14H,3,11-12H2,1-2H3,(H,20,22)/t14-/m1/s1. The zero-order chi connectivity index (χ0) is 18.0. The molecule has 0 spiro atoms. The van der Waals surface area contributed by atoms with Crippen LogP contribution in [0.5, 0.6) is 0 Å². The van der Waals surface area contributed by atoms with Crippen molar-refractivity contribution < 1.29 is 13.2 Å². The maximum atomic E-state index is 12.5. The molecule has 1 aliphatic rings. The normalized spacial score (nSPS) is 14.9. The summed E-state index contributed by atoms with van der Waals surface area (Å²) in [7, 11) is -3.27. The lowest BCUT2D eigenvalue weighted by Gasteiger charge is -2.19. The van der Waals surface area contributed by atoms with Crippen molar-refractivity contribution in [3.05, 3.63) is 65.2 Å². The first-order valence-electron chi connectivity index (χ1n) is 8.41. The number of carbonyl (C=O) groups excluding carboxylic acids is 1. The van der Waals surface area contributed by atoms with E-state index in [1.165, 1.54) is 4.31 Å². The van der Waals surface area contributed by atoms with Gasteiger partial charge in [-0.05, 0) is 49.6 Å². The summed E-state index contributed by atoms with van der Waals surface area (Å²) in [5.41, 5.74) is 3.18. The van der Waals surface area contributed by atoms with Gasteiger partial charge < -0.3 is 5.32 Å². The summed E-state index contributed by atoms with van der Waals surface area (Å²) in [4.78, 5) is 12.5. The largest absolute Gasteiger partial charge is 0.346 e. The summed E-state index contributed by atoms with van der Waals surface area (Å²) in [6, 6.07) is 14.9. The van der Waals surface area contributed by atoms with Gasteiger partial charge >= 0.3 is 0 Å². The Labute approximate surface area is 148 Å². The molecule has 5 nitrogen and oxygen atoms in total. The van der Waals surface area contributed by atoms with Crippen LogP contribution in [0.3, 0.4) is 0 Å². The molecular weight excluding hydrogens is 336 g/mol. The molecule has 0 saturated carbocycles. The topological polar surface area (TPSA) is 66.5 Å². The quantitative estimate of drug-likeness (QED) is 0.894. The molecule has 132 valence electrons. The minimum atomic E-state index is -3.27. The molecule has 1 amide bonds. The molecule has 1 heterocycles. The van der Waals surface area contributed by atoms with E-state index in [-0.39, 0.29) is 17.7 Å². The van der Waals surface area contributed by atoms with Gasteiger partial charge in [0, 0.05) is 12.1 Å². The van der Waals surface area contributed by atoms with E-state index in [0.29, 0.717) is 24.2 Å². The van der Waals surface area contributed by atoms with Gasteiger partial charge in [-0.1, -0.05) is 30.3 Å². The molecule has 3 rings (SSSR count). The highest BCUT2D eigenvalue weighted by molar-refractivity contribution is 7.92. The SMILES string of the molecule is CCS(=O)(=O)N1CCc2cc(C(=O)N[C@H](C)c3ccccc3)ccc21. The second-order valence-corrected chi connectivity index (χ2v) is 8.35. The van der Waals surface area contributed by atoms with Crippen LogP contribution in [0.4, 0.5) is 5.69 Å². The smallest absolute Gasteiger partial charge is 0.251 e.